The molecule has 1 N–H and O–H groups in total. The van der Waals surface area contributed by atoms with Crippen molar-refractivity contribution in [1.29, 1.82) is 0 Å². The van der Waals surface area contributed by atoms with E-state index in [0.717, 1.165) is 11.5 Å². The van der Waals surface area contributed by atoms with Crippen LogP contribution in [-0.2, 0) is 20.8 Å². The predicted molar refractivity (Wildman–Crippen MR) is 90.8 cm³/mol. The van der Waals surface area contributed by atoms with E-state index in [0.29, 0.717) is 11.3 Å². The molecule has 8 nitrogen and oxygen atoms in total. The molecule has 0 bridgehead atoms. The van der Waals surface area contributed by atoms with Crippen molar-refractivity contribution in [3.63, 3.8) is 0 Å². The second-order valence-electron chi connectivity index (χ2n) is 5.00. The van der Waals surface area contributed by atoms with Gasteiger partial charge in [-0.3, -0.25) is 5.32 Å². The van der Waals surface area contributed by atoms with E-state index >= 15 is 0 Å². The Kier molecular flexibility index (Phi) is 6.39. The van der Waals surface area contributed by atoms with Gasteiger partial charge in [0.1, 0.15) is 12.4 Å². The van der Waals surface area contributed by atoms with E-state index < -0.39 is 12.2 Å². The van der Waals surface area contributed by atoms with Crippen molar-refractivity contribution in [2.24, 2.45) is 0 Å². The Bertz CT molecular complexity index is 742. The lowest BCUT2D eigenvalue weighted by Gasteiger charge is -2.14. The minimum absolute atomic E-state index is 0.0534. The van der Waals surface area contributed by atoms with Gasteiger partial charge in [0, 0.05) is 23.6 Å². The molecule has 0 fully saturated rings. The van der Waals surface area contributed by atoms with Crippen LogP contribution in [0.4, 0.5) is 15.3 Å². The van der Waals surface area contributed by atoms with Gasteiger partial charge in [0.2, 0.25) is 0 Å². The Morgan fingerprint density at radius 2 is 1.92 bits per heavy atom. The summed E-state index contributed by atoms with van der Waals surface area (Å²) in [5.74, 6) is 0.809. The first-order valence-electron chi connectivity index (χ1n) is 7.91. The molecule has 0 saturated carbocycles. The number of carbonyl (C=O) groups excluding carboxylic acids is 2. The Hall–Kier alpha value is -3.03. The van der Waals surface area contributed by atoms with Crippen LogP contribution in [0.1, 0.15) is 25.2 Å². The molecule has 1 aromatic carbocycles. The zero-order valence-electron chi connectivity index (χ0n) is 14.4. The van der Waals surface area contributed by atoms with E-state index in [2.05, 4.69) is 10.3 Å². The van der Waals surface area contributed by atoms with Crippen molar-refractivity contribution in [2.75, 3.05) is 18.5 Å². The topological polar surface area (TPSA) is 91.7 Å². The third-order valence-corrected chi connectivity index (χ3v) is 3.31. The van der Waals surface area contributed by atoms with E-state index in [1.807, 2.05) is 23.8 Å². The van der Waals surface area contributed by atoms with Crippen LogP contribution < -0.4 is 5.32 Å². The molecular formula is C17H21N3O5. The van der Waals surface area contributed by atoms with Crippen LogP contribution in [0.3, 0.4) is 0 Å². The quantitative estimate of drug-likeness (QED) is 0.805. The highest BCUT2D eigenvalue weighted by atomic mass is 16.7. The maximum Gasteiger partial charge on any atom is 0.508 e. The highest BCUT2D eigenvalue weighted by Gasteiger charge is 2.12. The molecule has 0 radical (unpaired) electrons. The third-order valence-electron chi connectivity index (χ3n) is 3.31. The first-order chi connectivity index (χ1) is 12.0. The maximum absolute atomic E-state index is 11.7. The van der Waals surface area contributed by atoms with Crippen LogP contribution in [0, 0.1) is 6.92 Å². The number of rotatable bonds is 6. The summed E-state index contributed by atoms with van der Waals surface area (Å²) in [6.07, 6.45) is 2.16. The Balaban J connectivity index is 2.26. The summed E-state index contributed by atoms with van der Waals surface area (Å²) in [6.45, 7) is 5.71. The fraction of sp³-hybridized carbons (Fsp3) is 0.353. The molecule has 134 valence electrons. The van der Waals surface area contributed by atoms with Gasteiger partial charge >= 0.3 is 12.2 Å². The molecule has 0 atom stereocenters. The molecule has 1 amide bonds. The van der Waals surface area contributed by atoms with E-state index in [1.54, 1.807) is 32.2 Å². The first-order valence-corrected chi connectivity index (χ1v) is 7.91. The van der Waals surface area contributed by atoms with Gasteiger partial charge in [-0.2, -0.15) is 0 Å². The normalized spacial score (nSPS) is 10.2. The highest BCUT2D eigenvalue weighted by molar-refractivity contribution is 5.86. The number of aromatic nitrogens is 2. The van der Waals surface area contributed by atoms with Crippen LogP contribution >= 0.6 is 0 Å². The summed E-state index contributed by atoms with van der Waals surface area (Å²) in [5, 5.41) is 2.64. The number of hydrogen-bond acceptors (Lipinski definition) is 6. The number of ether oxygens (including phenoxy) is 3. The van der Waals surface area contributed by atoms with Gasteiger partial charge in [-0.15, -0.1) is 0 Å². The second kappa shape index (κ2) is 8.72. The van der Waals surface area contributed by atoms with Gasteiger partial charge in [0.25, 0.3) is 0 Å². The van der Waals surface area contributed by atoms with Crippen LogP contribution in [0.2, 0.25) is 0 Å². The van der Waals surface area contributed by atoms with E-state index in [-0.39, 0.29) is 19.8 Å². The van der Waals surface area contributed by atoms with Crippen molar-refractivity contribution >= 4 is 17.9 Å². The van der Waals surface area contributed by atoms with Gasteiger partial charge in [0.15, 0.2) is 0 Å². The van der Waals surface area contributed by atoms with Crippen molar-refractivity contribution in [2.45, 2.75) is 27.4 Å². The molecule has 1 heterocycles. The summed E-state index contributed by atoms with van der Waals surface area (Å²) in [4.78, 5) is 27.3. The molecule has 0 saturated heterocycles. The minimum atomic E-state index is -0.770. The lowest BCUT2D eigenvalue weighted by molar-refractivity contribution is 0.0537. The van der Waals surface area contributed by atoms with Crippen LogP contribution in [0.15, 0.2) is 30.6 Å². The summed E-state index contributed by atoms with van der Waals surface area (Å²) in [7, 11) is 0. The fourth-order valence-electron chi connectivity index (χ4n) is 2.20. The van der Waals surface area contributed by atoms with E-state index in [1.165, 1.54) is 0 Å². The van der Waals surface area contributed by atoms with Gasteiger partial charge < -0.3 is 18.8 Å². The molecule has 0 unspecified atom stereocenters. The summed E-state index contributed by atoms with van der Waals surface area (Å²) < 4.78 is 16.6. The number of hydrogen-bond donors (Lipinski definition) is 1. The molecule has 8 heteroatoms. The zero-order chi connectivity index (χ0) is 18.2. The number of aryl methyl sites for hydroxylation is 1. The van der Waals surface area contributed by atoms with Gasteiger partial charge in [-0.1, -0.05) is 0 Å². The van der Waals surface area contributed by atoms with E-state index in [4.69, 9.17) is 14.2 Å². The molecule has 2 rings (SSSR count). The number of nitrogens with one attached hydrogen (secondary N) is 1. The fourth-order valence-corrected chi connectivity index (χ4v) is 2.20. The zero-order valence-corrected chi connectivity index (χ0v) is 14.4. The molecule has 0 aliphatic heterocycles. The summed E-state index contributed by atoms with van der Waals surface area (Å²) in [5.41, 5.74) is 1.92. The van der Waals surface area contributed by atoms with Crippen molar-refractivity contribution in [1.82, 2.24) is 9.55 Å². The number of anilines is 1. The predicted octanol–water partition coefficient (Wildman–Crippen LogP) is 3.42. The van der Waals surface area contributed by atoms with Crippen molar-refractivity contribution in [3.8, 4) is 5.69 Å². The number of amides is 1. The van der Waals surface area contributed by atoms with Crippen molar-refractivity contribution < 1.29 is 23.8 Å². The Labute approximate surface area is 145 Å². The van der Waals surface area contributed by atoms with Crippen molar-refractivity contribution in [3.05, 3.63) is 42.0 Å². The lowest BCUT2D eigenvalue weighted by atomic mass is 10.1. The van der Waals surface area contributed by atoms with Gasteiger partial charge in [-0.05, 0) is 39.0 Å². The number of benzene rings is 1. The molecule has 25 heavy (non-hydrogen) atoms. The summed E-state index contributed by atoms with van der Waals surface area (Å²) >= 11 is 0. The summed E-state index contributed by atoms with van der Waals surface area (Å²) in [6, 6.07) is 5.34. The number of nitrogens with zero attached hydrogens (tertiary/aromatic N) is 2. The third kappa shape index (κ3) is 4.97. The van der Waals surface area contributed by atoms with Crippen LogP contribution in [0.25, 0.3) is 5.69 Å². The molecule has 2 aromatic rings. The minimum Gasteiger partial charge on any atom is -0.450 e. The highest BCUT2D eigenvalue weighted by Crippen LogP contribution is 2.22. The van der Waals surface area contributed by atoms with Gasteiger partial charge in [-0.25, -0.2) is 14.6 Å². The maximum atomic E-state index is 11.7. The van der Waals surface area contributed by atoms with E-state index in [9.17, 15) is 9.59 Å². The molecule has 0 spiro atoms. The standard InChI is InChI=1S/C17H21N3O5/c1-4-23-16(21)19-15-7-6-14(20-9-8-18-12(20)3)10-13(15)11-25-17(22)24-5-2/h6-10H,4-5,11H2,1-3H3,(H,19,21). The average Bonchev–Trinajstić information content (AvgIpc) is 3.00. The largest absolute Gasteiger partial charge is 0.508 e. The molecular weight excluding hydrogens is 326 g/mol. The van der Waals surface area contributed by atoms with Crippen LogP contribution in [-0.4, -0.2) is 35.0 Å². The average molecular weight is 347 g/mol. The smallest absolute Gasteiger partial charge is 0.450 e. The molecule has 0 aliphatic rings. The molecule has 1 aromatic heterocycles. The monoisotopic (exact) mass is 347 g/mol. The Morgan fingerprint density at radius 1 is 1.16 bits per heavy atom. The Morgan fingerprint density at radius 3 is 2.56 bits per heavy atom. The second-order valence-corrected chi connectivity index (χ2v) is 5.00. The first kappa shape index (κ1) is 18.3. The van der Waals surface area contributed by atoms with Crippen LogP contribution in [0.5, 0.6) is 0 Å². The SMILES string of the molecule is CCOC(=O)Nc1ccc(-n2ccnc2C)cc1COC(=O)OCC. The number of carbonyl (C=O) groups is 2. The van der Waals surface area contributed by atoms with Gasteiger partial charge in [0.05, 0.1) is 18.9 Å². The number of imidazole rings is 1. The lowest BCUT2D eigenvalue weighted by Crippen LogP contribution is -2.16. The molecule has 0 aliphatic carbocycles.